The highest BCUT2D eigenvalue weighted by Gasteiger charge is 2.36. The summed E-state index contributed by atoms with van der Waals surface area (Å²) < 4.78 is 10.2. The summed E-state index contributed by atoms with van der Waals surface area (Å²) in [5, 5.41) is 5.63. The number of para-hydroxylation sites is 1. The van der Waals surface area contributed by atoms with E-state index in [1.54, 1.807) is 67.7 Å². The van der Waals surface area contributed by atoms with Gasteiger partial charge in [-0.25, -0.2) is 0 Å². The van der Waals surface area contributed by atoms with Gasteiger partial charge in [0.2, 0.25) is 11.8 Å². The Bertz CT molecular complexity index is 944. The first kappa shape index (κ1) is 22.3. The third kappa shape index (κ3) is 5.40. The first-order valence-corrected chi connectivity index (χ1v) is 10.1. The Morgan fingerprint density at radius 3 is 2.48 bits per heavy atom. The second-order valence-electron chi connectivity index (χ2n) is 7.47. The summed E-state index contributed by atoms with van der Waals surface area (Å²) in [5.41, 5.74) is 1.34. The molecule has 0 saturated carbocycles. The van der Waals surface area contributed by atoms with E-state index >= 15 is 0 Å². The van der Waals surface area contributed by atoms with Crippen molar-refractivity contribution in [2.75, 3.05) is 38.0 Å². The zero-order valence-corrected chi connectivity index (χ0v) is 17.9. The Labute approximate surface area is 181 Å². The number of amides is 3. The number of rotatable bonds is 8. The monoisotopic (exact) mass is 425 g/mol. The molecule has 0 radical (unpaired) electrons. The molecule has 0 bridgehead atoms. The van der Waals surface area contributed by atoms with Crippen LogP contribution in [0.25, 0.3) is 0 Å². The Morgan fingerprint density at radius 2 is 1.81 bits per heavy atom. The van der Waals surface area contributed by atoms with Crippen LogP contribution < -0.4 is 15.4 Å². The van der Waals surface area contributed by atoms with E-state index in [2.05, 4.69) is 10.6 Å². The molecule has 1 saturated heterocycles. The molecule has 2 atom stereocenters. The van der Waals surface area contributed by atoms with E-state index in [4.69, 9.17) is 9.47 Å². The molecule has 0 aliphatic carbocycles. The standard InChI is InChI=1S/C23H27N3O5/c1-15(14-30-2)26-13-16(12-21(26)27)22(28)25-20-7-5-4-6-19(20)23(29)24-17-8-10-18(31-3)11-9-17/h4-11,15-16H,12-14H2,1-3H3,(H,24,29)(H,25,28)/t15-,16+/m1/s1. The van der Waals surface area contributed by atoms with Gasteiger partial charge in [0.05, 0.1) is 36.9 Å². The van der Waals surface area contributed by atoms with Gasteiger partial charge in [0.15, 0.2) is 0 Å². The van der Waals surface area contributed by atoms with Crippen LogP contribution in [-0.4, -0.2) is 56.0 Å². The van der Waals surface area contributed by atoms with Gasteiger partial charge < -0.3 is 25.0 Å². The SMILES string of the molecule is COC[C@@H](C)N1C[C@@H](C(=O)Nc2ccccc2C(=O)Nc2ccc(OC)cc2)CC1=O. The third-order valence-electron chi connectivity index (χ3n) is 5.25. The molecule has 8 heteroatoms. The molecule has 3 rings (SSSR count). The van der Waals surface area contributed by atoms with Crippen molar-refractivity contribution < 1.29 is 23.9 Å². The number of ether oxygens (including phenoxy) is 2. The van der Waals surface area contributed by atoms with Crippen molar-refractivity contribution in [2.24, 2.45) is 5.92 Å². The van der Waals surface area contributed by atoms with E-state index in [0.717, 1.165) is 0 Å². The molecule has 2 aromatic rings. The number of carbonyl (C=O) groups excluding carboxylic acids is 3. The number of benzene rings is 2. The van der Waals surface area contributed by atoms with Crippen LogP contribution >= 0.6 is 0 Å². The van der Waals surface area contributed by atoms with Crippen molar-refractivity contribution in [1.82, 2.24) is 4.90 Å². The summed E-state index contributed by atoms with van der Waals surface area (Å²) in [5.74, 6) is -0.505. The maximum Gasteiger partial charge on any atom is 0.257 e. The van der Waals surface area contributed by atoms with Crippen LogP contribution in [0, 0.1) is 5.92 Å². The molecule has 0 unspecified atom stereocenters. The van der Waals surface area contributed by atoms with Crippen LogP contribution in [0.15, 0.2) is 48.5 Å². The molecular formula is C23H27N3O5. The van der Waals surface area contributed by atoms with E-state index < -0.39 is 5.92 Å². The molecule has 1 aliphatic heterocycles. The molecule has 1 fully saturated rings. The Hall–Kier alpha value is -3.39. The average molecular weight is 425 g/mol. The summed E-state index contributed by atoms with van der Waals surface area (Å²) in [6.45, 7) is 2.63. The first-order valence-electron chi connectivity index (χ1n) is 10.1. The topological polar surface area (TPSA) is 97.0 Å². The fourth-order valence-corrected chi connectivity index (χ4v) is 3.56. The van der Waals surface area contributed by atoms with Crippen molar-refractivity contribution in [1.29, 1.82) is 0 Å². The predicted molar refractivity (Wildman–Crippen MR) is 117 cm³/mol. The van der Waals surface area contributed by atoms with Crippen LogP contribution in [-0.2, 0) is 14.3 Å². The molecule has 0 aromatic heterocycles. The van der Waals surface area contributed by atoms with Crippen LogP contribution in [0.1, 0.15) is 23.7 Å². The molecule has 8 nitrogen and oxygen atoms in total. The number of carbonyl (C=O) groups is 3. The Kier molecular flexibility index (Phi) is 7.25. The largest absolute Gasteiger partial charge is 0.497 e. The van der Waals surface area contributed by atoms with E-state index in [-0.39, 0.29) is 30.2 Å². The van der Waals surface area contributed by atoms with Gasteiger partial charge in [0.1, 0.15) is 5.75 Å². The van der Waals surface area contributed by atoms with Gasteiger partial charge in [-0.2, -0.15) is 0 Å². The van der Waals surface area contributed by atoms with Crippen LogP contribution in [0.5, 0.6) is 5.75 Å². The van der Waals surface area contributed by atoms with Crippen molar-refractivity contribution in [2.45, 2.75) is 19.4 Å². The van der Waals surface area contributed by atoms with Gasteiger partial charge in [-0.15, -0.1) is 0 Å². The number of nitrogens with zero attached hydrogens (tertiary/aromatic N) is 1. The second kappa shape index (κ2) is 10.1. The maximum atomic E-state index is 12.8. The van der Waals surface area contributed by atoms with Gasteiger partial charge in [-0.05, 0) is 43.3 Å². The number of nitrogens with one attached hydrogen (secondary N) is 2. The number of hydrogen-bond acceptors (Lipinski definition) is 5. The van der Waals surface area contributed by atoms with Crippen molar-refractivity contribution in [3.63, 3.8) is 0 Å². The van der Waals surface area contributed by atoms with Gasteiger partial charge in [0.25, 0.3) is 5.91 Å². The minimum Gasteiger partial charge on any atom is -0.497 e. The molecule has 31 heavy (non-hydrogen) atoms. The van der Waals surface area contributed by atoms with Gasteiger partial charge in [0, 0.05) is 25.8 Å². The van der Waals surface area contributed by atoms with Gasteiger partial charge >= 0.3 is 0 Å². The van der Waals surface area contributed by atoms with E-state index in [9.17, 15) is 14.4 Å². The van der Waals surface area contributed by atoms with Gasteiger partial charge in [-0.1, -0.05) is 12.1 Å². The van der Waals surface area contributed by atoms with Crippen molar-refractivity contribution >= 4 is 29.1 Å². The van der Waals surface area contributed by atoms with Crippen LogP contribution in [0.2, 0.25) is 0 Å². The molecule has 1 aliphatic rings. The van der Waals surface area contributed by atoms with E-state index in [1.165, 1.54) is 0 Å². The molecule has 1 heterocycles. The van der Waals surface area contributed by atoms with Crippen LogP contribution in [0.4, 0.5) is 11.4 Å². The van der Waals surface area contributed by atoms with Crippen molar-refractivity contribution in [3.8, 4) is 5.75 Å². The van der Waals surface area contributed by atoms with Crippen molar-refractivity contribution in [3.05, 3.63) is 54.1 Å². The first-order chi connectivity index (χ1) is 14.9. The molecular weight excluding hydrogens is 398 g/mol. The minimum atomic E-state index is -0.482. The second-order valence-corrected chi connectivity index (χ2v) is 7.47. The highest BCUT2D eigenvalue weighted by molar-refractivity contribution is 6.10. The smallest absolute Gasteiger partial charge is 0.257 e. The fraction of sp³-hybridized carbons (Fsp3) is 0.348. The maximum absolute atomic E-state index is 12.8. The van der Waals surface area contributed by atoms with E-state index in [0.29, 0.717) is 35.8 Å². The zero-order chi connectivity index (χ0) is 22.4. The van der Waals surface area contributed by atoms with Crippen LogP contribution in [0.3, 0.4) is 0 Å². The number of hydrogen-bond donors (Lipinski definition) is 2. The molecule has 0 spiro atoms. The number of likely N-dealkylation sites (tertiary alicyclic amines) is 1. The number of anilines is 2. The molecule has 2 aromatic carbocycles. The lowest BCUT2D eigenvalue weighted by Crippen LogP contribution is -2.38. The summed E-state index contributed by atoms with van der Waals surface area (Å²) in [7, 11) is 3.15. The molecule has 164 valence electrons. The lowest BCUT2D eigenvalue weighted by molar-refractivity contribution is -0.130. The molecule has 3 amide bonds. The minimum absolute atomic E-state index is 0.0739. The lowest BCUT2D eigenvalue weighted by Gasteiger charge is -2.24. The summed E-state index contributed by atoms with van der Waals surface area (Å²) >= 11 is 0. The molecule has 2 N–H and O–H groups in total. The van der Waals surface area contributed by atoms with Gasteiger partial charge in [-0.3, -0.25) is 14.4 Å². The summed E-state index contributed by atoms with van der Waals surface area (Å²) in [6, 6.07) is 13.6. The lowest BCUT2D eigenvalue weighted by atomic mass is 10.1. The number of methoxy groups -OCH3 is 2. The summed E-state index contributed by atoms with van der Waals surface area (Å²) in [6.07, 6.45) is 0.139. The fourth-order valence-electron chi connectivity index (χ4n) is 3.56. The quantitative estimate of drug-likeness (QED) is 0.678. The highest BCUT2D eigenvalue weighted by Crippen LogP contribution is 2.24. The van der Waals surface area contributed by atoms with E-state index in [1.807, 2.05) is 6.92 Å². The Morgan fingerprint density at radius 1 is 1.10 bits per heavy atom. The predicted octanol–water partition coefficient (Wildman–Crippen LogP) is 2.77. The third-order valence-corrected chi connectivity index (χ3v) is 5.25. The zero-order valence-electron chi connectivity index (χ0n) is 17.9. The Balaban J connectivity index is 1.68. The normalized spacial score (nSPS) is 16.7. The summed E-state index contributed by atoms with van der Waals surface area (Å²) in [4.78, 5) is 39.6. The average Bonchev–Trinajstić information content (AvgIpc) is 3.16. The highest BCUT2D eigenvalue weighted by atomic mass is 16.5.